The smallest absolute Gasteiger partial charge is 0.306 e. The summed E-state index contributed by atoms with van der Waals surface area (Å²) in [5.41, 5.74) is 3.54. The monoisotopic (exact) mass is 475 g/mol. The van der Waals surface area contributed by atoms with Crippen molar-refractivity contribution in [2.45, 2.75) is 52.2 Å². The first kappa shape index (κ1) is 26.3. The van der Waals surface area contributed by atoms with Crippen molar-refractivity contribution >= 4 is 5.97 Å². The number of rotatable bonds is 16. The molecule has 0 aliphatic heterocycles. The number of unbranched alkanes of at least 4 members (excludes halogenated alkanes) is 1. The first-order valence-electron chi connectivity index (χ1n) is 12.6. The van der Waals surface area contributed by atoms with E-state index in [1.807, 2.05) is 43.3 Å². The Morgan fingerprint density at radius 3 is 2.37 bits per heavy atom. The molecule has 3 aromatic rings. The van der Waals surface area contributed by atoms with E-state index in [0.717, 1.165) is 43.0 Å². The minimum absolute atomic E-state index is 0.215. The number of aryl methyl sites for hydroxylation is 1. The zero-order chi connectivity index (χ0) is 24.6. The molecule has 0 spiro atoms. The second-order valence-electron chi connectivity index (χ2n) is 8.46. The van der Waals surface area contributed by atoms with Crippen LogP contribution in [0.4, 0.5) is 0 Å². The van der Waals surface area contributed by atoms with Crippen LogP contribution in [0.2, 0.25) is 0 Å². The molecule has 0 aliphatic rings. The van der Waals surface area contributed by atoms with Gasteiger partial charge in [0.05, 0.1) is 13.2 Å². The van der Waals surface area contributed by atoms with Crippen LogP contribution < -0.4 is 14.8 Å². The van der Waals surface area contributed by atoms with Crippen molar-refractivity contribution in [3.8, 4) is 11.5 Å². The Morgan fingerprint density at radius 1 is 0.771 bits per heavy atom. The molecular formula is C30H37NO4. The Bertz CT molecular complexity index is 989. The molecule has 0 radical (unpaired) electrons. The molecule has 35 heavy (non-hydrogen) atoms. The van der Waals surface area contributed by atoms with Gasteiger partial charge in [-0.3, -0.25) is 4.79 Å². The number of nitrogens with one attached hydrogen (secondary N) is 1. The summed E-state index contributed by atoms with van der Waals surface area (Å²) >= 11 is 0. The Hall–Kier alpha value is -3.31. The first-order chi connectivity index (χ1) is 17.2. The molecule has 0 atom stereocenters. The number of benzene rings is 3. The van der Waals surface area contributed by atoms with E-state index in [4.69, 9.17) is 14.2 Å². The molecule has 0 heterocycles. The Kier molecular flexibility index (Phi) is 11.7. The highest BCUT2D eigenvalue weighted by Crippen LogP contribution is 2.15. The van der Waals surface area contributed by atoms with Crippen LogP contribution in [0.1, 0.15) is 49.3 Å². The van der Waals surface area contributed by atoms with Crippen LogP contribution in [0.3, 0.4) is 0 Å². The van der Waals surface area contributed by atoms with Gasteiger partial charge in [0.15, 0.2) is 0 Å². The third kappa shape index (κ3) is 10.7. The normalized spacial score (nSPS) is 10.7. The lowest BCUT2D eigenvalue weighted by Crippen LogP contribution is -2.15. The zero-order valence-corrected chi connectivity index (χ0v) is 20.7. The number of carbonyl (C=O) groups is 1. The fourth-order valence-electron chi connectivity index (χ4n) is 3.69. The van der Waals surface area contributed by atoms with Crippen LogP contribution in [0.5, 0.6) is 11.5 Å². The first-order valence-corrected chi connectivity index (χ1v) is 12.6. The van der Waals surface area contributed by atoms with Crippen LogP contribution in [-0.4, -0.2) is 25.7 Å². The number of esters is 1. The lowest BCUT2D eigenvalue weighted by molar-refractivity contribution is -0.145. The second-order valence-corrected chi connectivity index (χ2v) is 8.46. The summed E-state index contributed by atoms with van der Waals surface area (Å²) in [5.74, 6) is 1.43. The average molecular weight is 476 g/mol. The summed E-state index contributed by atoms with van der Waals surface area (Å²) in [6, 6.07) is 26.3. The molecule has 3 rings (SSSR count). The second kappa shape index (κ2) is 15.6. The van der Waals surface area contributed by atoms with E-state index in [9.17, 15) is 4.79 Å². The van der Waals surface area contributed by atoms with Crippen LogP contribution in [0.25, 0.3) is 0 Å². The van der Waals surface area contributed by atoms with E-state index < -0.39 is 0 Å². The molecule has 0 fully saturated rings. The van der Waals surface area contributed by atoms with Gasteiger partial charge in [0, 0.05) is 13.0 Å². The highest BCUT2D eigenvalue weighted by molar-refractivity contribution is 5.69. The number of carbonyl (C=O) groups excluding carboxylic acids is 1. The summed E-state index contributed by atoms with van der Waals surface area (Å²) in [5, 5.41) is 3.51. The molecule has 0 saturated heterocycles. The molecule has 0 aromatic heterocycles. The average Bonchev–Trinajstić information content (AvgIpc) is 2.89. The van der Waals surface area contributed by atoms with Gasteiger partial charge in [-0.1, -0.05) is 54.6 Å². The van der Waals surface area contributed by atoms with Crippen molar-refractivity contribution < 1.29 is 19.0 Å². The highest BCUT2D eigenvalue weighted by Gasteiger charge is 2.05. The lowest BCUT2D eigenvalue weighted by atomic mass is 10.1. The standard InChI is InChI=1S/C30H37NO4/c1-2-33-28-18-16-26(17-19-28)24-35-30(32)15-9-21-34-29-14-8-13-27(22-29)23-31-20-7-6-12-25-10-4-3-5-11-25/h3-5,8,10-11,13-14,16-19,22,31H,2,6-7,9,12,15,20-21,23-24H2,1H3. The largest absolute Gasteiger partial charge is 0.494 e. The van der Waals surface area contributed by atoms with Gasteiger partial charge < -0.3 is 19.5 Å². The molecule has 0 saturated carbocycles. The van der Waals surface area contributed by atoms with E-state index in [0.29, 0.717) is 26.1 Å². The van der Waals surface area contributed by atoms with E-state index in [1.165, 1.54) is 17.5 Å². The van der Waals surface area contributed by atoms with Crippen molar-refractivity contribution in [1.82, 2.24) is 5.32 Å². The number of ether oxygens (including phenoxy) is 3. The molecule has 186 valence electrons. The molecule has 5 nitrogen and oxygen atoms in total. The van der Waals surface area contributed by atoms with Gasteiger partial charge in [-0.2, -0.15) is 0 Å². The van der Waals surface area contributed by atoms with Gasteiger partial charge in [0.25, 0.3) is 0 Å². The maximum Gasteiger partial charge on any atom is 0.306 e. The topological polar surface area (TPSA) is 56.8 Å². The van der Waals surface area contributed by atoms with Crippen LogP contribution in [-0.2, 0) is 29.1 Å². The third-order valence-electron chi connectivity index (χ3n) is 5.57. The molecule has 1 N–H and O–H groups in total. The summed E-state index contributed by atoms with van der Waals surface area (Å²) in [6.07, 6.45) is 4.41. The van der Waals surface area contributed by atoms with Crippen molar-refractivity contribution in [3.05, 3.63) is 95.6 Å². The predicted octanol–water partition coefficient (Wildman–Crippen LogP) is 6.10. The Balaban J connectivity index is 1.24. The SMILES string of the molecule is CCOc1ccc(COC(=O)CCCOc2cccc(CNCCCCc3ccccc3)c2)cc1. The van der Waals surface area contributed by atoms with E-state index in [1.54, 1.807) is 0 Å². The van der Waals surface area contributed by atoms with Gasteiger partial charge in [-0.25, -0.2) is 0 Å². The summed E-state index contributed by atoms with van der Waals surface area (Å²) in [7, 11) is 0. The molecular weight excluding hydrogens is 438 g/mol. The van der Waals surface area contributed by atoms with Crippen molar-refractivity contribution in [3.63, 3.8) is 0 Å². The minimum Gasteiger partial charge on any atom is -0.494 e. The third-order valence-corrected chi connectivity index (χ3v) is 5.57. The maximum atomic E-state index is 12.0. The van der Waals surface area contributed by atoms with Gasteiger partial charge in [0.1, 0.15) is 18.1 Å². The zero-order valence-electron chi connectivity index (χ0n) is 20.7. The Labute approximate surface area is 209 Å². The Morgan fingerprint density at radius 2 is 1.57 bits per heavy atom. The van der Waals surface area contributed by atoms with Crippen molar-refractivity contribution in [1.29, 1.82) is 0 Å². The van der Waals surface area contributed by atoms with Crippen LogP contribution >= 0.6 is 0 Å². The van der Waals surface area contributed by atoms with Gasteiger partial charge in [0.2, 0.25) is 0 Å². The maximum absolute atomic E-state index is 12.0. The predicted molar refractivity (Wildman–Crippen MR) is 140 cm³/mol. The summed E-state index contributed by atoms with van der Waals surface area (Å²) in [6.45, 7) is 5.15. The number of hydrogen-bond acceptors (Lipinski definition) is 5. The van der Waals surface area contributed by atoms with E-state index in [-0.39, 0.29) is 12.6 Å². The van der Waals surface area contributed by atoms with E-state index >= 15 is 0 Å². The van der Waals surface area contributed by atoms with Crippen molar-refractivity contribution in [2.75, 3.05) is 19.8 Å². The molecule has 0 bridgehead atoms. The summed E-state index contributed by atoms with van der Waals surface area (Å²) in [4.78, 5) is 12.0. The summed E-state index contributed by atoms with van der Waals surface area (Å²) < 4.78 is 16.6. The van der Waals surface area contributed by atoms with E-state index in [2.05, 4.69) is 47.8 Å². The quantitative estimate of drug-likeness (QED) is 0.200. The molecule has 0 aliphatic carbocycles. The molecule has 3 aromatic carbocycles. The molecule has 5 heteroatoms. The molecule has 0 unspecified atom stereocenters. The lowest BCUT2D eigenvalue weighted by Gasteiger charge is -2.10. The fourth-order valence-corrected chi connectivity index (χ4v) is 3.69. The van der Waals surface area contributed by atoms with Crippen LogP contribution in [0.15, 0.2) is 78.9 Å². The van der Waals surface area contributed by atoms with Gasteiger partial charge >= 0.3 is 5.97 Å². The van der Waals surface area contributed by atoms with Gasteiger partial charge in [-0.15, -0.1) is 0 Å². The van der Waals surface area contributed by atoms with Gasteiger partial charge in [-0.05, 0) is 80.1 Å². The molecule has 0 amide bonds. The van der Waals surface area contributed by atoms with Crippen LogP contribution in [0, 0.1) is 0 Å². The minimum atomic E-state index is -0.215. The van der Waals surface area contributed by atoms with Crippen molar-refractivity contribution in [2.24, 2.45) is 0 Å². The highest BCUT2D eigenvalue weighted by atomic mass is 16.5. The number of hydrogen-bond donors (Lipinski definition) is 1. The fraction of sp³-hybridized carbons (Fsp3) is 0.367.